The first-order valence-corrected chi connectivity index (χ1v) is 13.1. The second-order valence-electron chi connectivity index (χ2n) is 8.74. The fourth-order valence-electron chi connectivity index (χ4n) is 4.70. The number of furan rings is 1. The topological polar surface area (TPSA) is 45.5 Å². The Morgan fingerprint density at radius 2 is 1.79 bits per heavy atom. The first-order chi connectivity index (χ1) is 16.1. The van der Waals surface area contributed by atoms with Crippen LogP contribution in [0.5, 0.6) is 0 Å². The third kappa shape index (κ3) is 4.92. The van der Waals surface area contributed by atoms with Crippen LogP contribution in [0.15, 0.2) is 80.5 Å². The summed E-state index contributed by atoms with van der Waals surface area (Å²) in [5, 5.41) is 3.58. The van der Waals surface area contributed by atoms with E-state index < -0.39 is 0 Å². The van der Waals surface area contributed by atoms with Gasteiger partial charge >= 0.3 is 0 Å². The van der Waals surface area contributed by atoms with E-state index in [-0.39, 0.29) is 17.4 Å². The standard InChI is InChI=1S/C27H27BrN2O2S/c1-18-7-5-6-10-23(18)30-26(31)25(33-27(30)29-21-8-3-2-4-9-21)17-22-15-16-24(32-22)19-11-13-20(28)14-12-19/h2-4,8-9,11-18,23,27,29H,5-7,10H2,1H3/b25-17-/t18-,23+,27?/m0/s1. The summed E-state index contributed by atoms with van der Waals surface area (Å²) in [5.74, 6) is 2.08. The summed E-state index contributed by atoms with van der Waals surface area (Å²) in [6, 6.07) is 22.3. The zero-order chi connectivity index (χ0) is 22.8. The summed E-state index contributed by atoms with van der Waals surface area (Å²) in [4.78, 5) is 16.4. The Labute approximate surface area is 207 Å². The third-order valence-corrected chi connectivity index (χ3v) is 8.10. The minimum Gasteiger partial charge on any atom is -0.457 e. The molecule has 1 saturated carbocycles. The van der Waals surface area contributed by atoms with Gasteiger partial charge in [0.25, 0.3) is 5.91 Å². The monoisotopic (exact) mass is 522 g/mol. The van der Waals surface area contributed by atoms with Crippen LogP contribution in [-0.4, -0.2) is 22.3 Å². The SMILES string of the molecule is C[C@H]1CCCC[C@H]1N1C(=O)/C(=C/c2ccc(-c3ccc(Br)cc3)o2)SC1Nc1ccccc1. The van der Waals surface area contributed by atoms with Crippen LogP contribution in [0.2, 0.25) is 0 Å². The molecular formula is C27H27BrN2O2S. The van der Waals surface area contributed by atoms with Crippen LogP contribution < -0.4 is 5.32 Å². The van der Waals surface area contributed by atoms with Gasteiger partial charge in [0.05, 0.1) is 4.91 Å². The van der Waals surface area contributed by atoms with Gasteiger partial charge in [-0.05, 0) is 55.2 Å². The fraction of sp³-hybridized carbons (Fsp3) is 0.296. The lowest BCUT2D eigenvalue weighted by molar-refractivity contribution is -0.129. The number of carbonyl (C=O) groups excluding carboxylic acids is 1. The average Bonchev–Trinajstić information content (AvgIpc) is 3.40. The second kappa shape index (κ2) is 9.82. The quantitative estimate of drug-likeness (QED) is 0.350. The number of nitrogens with zero attached hydrogens (tertiary/aromatic N) is 1. The highest BCUT2D eigenvalue weighted by Gasteiger charge is 2.43. The van der Waals surface area contributed by atoms with E-state index in [1.165, 1.54) is 19.3 Å². The third-order valence-electron chi connectivity index (χ3n) is 6.45. The van der Waals surface area contributed by atoms with E-state index in [0.29, 0.717) is 11.7 Å². The zero-order valence-corrected chi connectivity index (χ0v) is 20.9. The zero-order valence-electron chi connectivity index (χ0n) is 18.5. The Morgan fingerprint density at radius 1 is 1.03 bits per heavy atom. The largest absolute Gasteiger partial charge is 0.457 e. The van der Waals surface area contributed by atoms with Gasteiger partial charge in [-0.25, -0.2) is 0 Å². The normalized spacial score (nSPS) is 24.4. The Balaban J connectivity index is 1.42. The van der Waals surface area contributed by atoms with E-state index in [4.69, 9.17) is 4.42 Å². The Hall–Kier alpha value is -2.44. The molecule has 3 atom stereocenters. The van der Waals surface area contributed by atoms with Gasteiger partial charge in [0.15, 0.2) is 5.50 Å². The van der Waals surface area contributed by atoms with Gasteiger partial charge < -0.3 is 14.6 Å². The molecule has 5 rings (SSSR count). The molecule has 0 radical (unpaired) electrons. The number of hydrogen-bond acceptors (Lipinski definition) is 4. The summed E-state index contributed by atoms with van der Waals surface area (Å²) < 4.78 is 7.11. The molecule has 1 N–H and O–H groups in total. The Morgan fingerprint density at radius 3 is 2.55 bits per heavy atom. The number of para-hydroxylation sites is 1. The Kier molecular flexibility index (Phi) is 6.65. The van der Waals surface area contributed by atoms with Crippen LogP contribution in [0.4, 0.5) is 5.69 Å². The molecule has 6 heteroatoms. The van der Waals surface area contributed by atoms with Crippen molar-refractivity contribution in [1.82, 2.24) is 4.90 Å². The number of anilines is 1. The summed E-state index contributed by atoms with van der Waals surface area (Å²) in [5.41, 5.74) is 1.90. The number of nitrogens with one attached hydrogen (secondary N) is 1. The highest BCUT2D eigenvalue weighted by atomic mass is 79.9. The molecule has 3 aromatic rings. The molecular weight excluding hydrogens is 496 g/mol. The molecule has 1 amide bonds. The van der Waals surface area contributed by atoms with Gasteiger partial charge in [-0.3, -0.25) is 4.79 Å². The van der Waals surface area contributed by atoms with Gasteiger partial charge in [0.1, 0.15) is 11.5 Å². The molecule has 2 fully saturated rings. The molecule has 2 aliphatic rings. The number of hydrogen-bond donors (Lipinski definition) is 1. The summed E-state index contributed by atoms with van der Waals surface area (Å²) >= 11 is 5.05. The molecule has 1 aliphatic heterocycles. The molecule has 33 heavy (non-hydrogen) atoms. The van der Waals surface area contributed by atoms with E-state index >= 15 is 0 Å². The highest BCUT2D eigenvalue weighted by Crippen LogP contribution is 2.42. The number of carbonyl (C=O) groups is 1. The van der Waals surface area contributed by atoms with Crippen LogP contribution in [0.25, 0.3) is 17.4 Å². The van der Waals surface area contributed by atoms with Crippen molar-refractivity contribution in [2.75, 3.05) is 5.32 Å². The Bertz CT molecular complexity index is 1140. The summed E-state index contributed by atoms with van der Waals surface area (Å²) in [6.45, 7) is 2.28. The predicted molar refractivity (Wildman–Crippen MR) is 140 cm³/mol. The van der Waals surface area contributed by atoms with Crippen molar-refractivity contribution in [2.45, 2.75) is 44.1 Å². The number of benzene rings is 2. The van der Waals surface area contributed by atoms with Gasteiger partial charge in [-0.15, -0.1) is 0 Å². The average molecular weight is 523 g/mol. The lowest BCUT2D eigenvalue weighted by Gasteiger charge is -2.39. The number of amides is 1. The van der Waals surface area contributed by atoms with E-state index in [1.807, 2.05) is 72.8 Å². The van der Waals surface area contributed by atoms with Crippen molar-refractivity contribution in [2.24, 2.45) is 5.92 Å². The predicted octanol–water partition coefficient (Wildman–Crippen LogP) is 7.60. The molecule has 1 aromatic heterocycles. The lowest BCUT2D eigenvalue weighted by Crippen LogP contribution is -2.48. The van der Waals surface area contributed by atoms with Crippen LogP contribution in [0.3, 0.4) is 0 Å². The maximum Gasteiger partial charge on any atom is 0.263 e. The molecule has 170 valence electrons. The smallest absolute Gasteiger partial charge is 0.263 e. The van der Waals surface area contributed by atoms with Crippen molar-refractivity contribution in [1.29, 1.82) is 0 Å². The summed E-state index contributed by atoms with van der Waals surface area (Å²) in [6.07, 6.45) is 6.54. The lowest BCUT2D eigenvalue weighted by atomic mass is 9.85. The number of rotatable bonds is 5. The van der Waals surface area contributed by atoms with E-state index in [9.17, 15) is 4.79 Å². The molecule has 0 spiro atoms. The number of thioether (sulfide) groups is 1. The number of halogens is 1. The van der Waals surface area contributed by atoms with Crippen LogP contribution in [0, 0.1) is 5.92 Å². The summed E-state index contributed by atoms with van der Waals surface area (Å²) in [7, 11) is 0. The van der Waals surface area contributed by atoms with Crippen LogP contribution in [-0.2, 0) is 4.79 Å². The van der Waals surface area contributed by atoms with Crippen molar-refractivity contribution >= 4 is 45.4 Å². The van der Waals surface area contributed by atoms with Crippen LogP contribution in [0.1, 0.15) is 38.4 Å². The van der Waals surface area contributed by atoms with E-state index in [1.54, 1.807) is 11.8 Å². The highest BCUT2D eigenvalue weighted by molar-refractivity contribution is 9.10. The molecule has 2 heterocycles. The molecule has 2 aromatic carbocycles. The molecule has 0 bridgehead atoms. The fourth-order valence-corrected chi connectivity index (χ4v) is 6.15. The minimum absolute atomic E-state index is 0.0915. The minimum atomic E-state index is -0.127. The van der Waals surface area contributed by atoms with Crippen LogP contribution >= 0.6 is 27.7 Å². The molecule has 1 unspecified atom stereocenters. The van der Waals surface area contributed by atoms with E-state index in [2.05, 4.69) is 33.1 Å². The van der Waals surface area contributed by atoms with Gasteiger partial charge in [0.2, 0.25) is 0 Å². The first kappa shape index (κ1) is 22.4. The van der Waals surface area contributed by atoms with Crippen molar-refractivity contribution in [3.63, 3.8) is 0 Å². The van der Waals surface area contributed by atoms with Gasteiger partial charge in [-0.1, -0.05) is 77.8 Å². The maximum atomic E-state index is 13.6. The first-order valence-electron chi connectivity index (χ1n) is 11.5. The van der Waals surface area contributed by atoms with Crippen molar-refractivity contribution in [3.05, 3.63) is 81.9 Å². The maximum absolute atomic E-state index is 13.6. The second-order valence-corrected chi connectivity index (χ2v) is 10.8. The van der Waals surface area contributed by atoms with Crippen molar-refractivity contribution in [3.8, 4) is 11.3 Å². The van der Waals surface area contributed by atoms with Crippen molar-refractivity contribution < 1.29 is 9.21 Å². The van der Waals surface area contributed by atoms with Gasteiger partial charge in [-0.2, -0.15) is 0 Å². The molecule has 1 saturated heterocycles. The van der Waals surface area contributed by atoms with Gasteiger partial charge in [0, 0.05) is 27.8 Å². The van der Waals surface area contributed by atoms with E-state index in [0.717, 1.165) is 32.8 Å². The molecule has 4 nitrogen and oxygen atoms in total. The molecule has 1 aliphatic carbocycles.